The van der Waals surface area contributed by atoms with E-state index >= 15 is 0 Å². The van der Waals surface area contributed by atoms with Crippen LogP contribution < -0.4 is 5.32 Å². The van der Waals surface area contributed by atoms with Crippen molar-refractivity contribution in [3.05, 3.63) is 0 Å². The molecule has 0 aromatic heterocycles. The van der Waals surface area contributed by atoms with Crippen LogP contribution in [0.5, 0.6) is 0 Å². The zero-order valence-electron chi connectivity index (χ0n) is 15.9. The maximum Gasteiger partial charge on any atom is 0.410 e. The van der Waals surface area contributed by atoms with Crippen molar-refractivity contribution in [2.24, 2.45) is 17.3 Å². The van der Waals surface area contributed by atoms with E-state index in [2.05, 4.69) is 26.1 Å². The average Bonchev–Trinajstić information content (AvgIpc) is 2.34. The molecule has 0 bridgehead atoms. The molecule has 4 nitrogen and oxygen atoms in total. The summed E-state index contributed by atoms with van der Waals surface area (Å²) in [5.74, 6) is 1.73. The van der Waals surface area contributed by atoms with Gasteiger partial charge in [-0.05, 0) is 63.7 Å². The minimum Gasteiger partial charge on any atom is -0.444 e. The van der Waals surface area contributed by atoms with Crippen molar-refractivity contribution >= 4 is 6.09 Å². The number of nitrogens with zero attached hydrogens (tertiary/aromatic N) is 1. The number of hydrogen-bond acceptors (Lipinski definition) is 3. The maximum absolute atomic E-state index is 12.1. The molecule has 0 unspecified atom stereocenters. The van der Waals surface area contributed by atoms with Gasteiger partial charge in [0.1, 0.15) is 5.60 Å². The summed E-state index contributed by atoms with van der Waals surface area (Å²) in [4.78, 5) is 14.0. The third-order valence-corrected chi connectivity index (χ3v) is 5.56. The lowest BCUT2D eigenvalue weighted by atomic mass is 9.73. The first-order valence-electron chi connectivity index (χ1n) is 9.29. The monoisotopic (exact) mass is 324 g/mol. The maximum atomic E-state index is 12.1. The molecule has 1 heterocycles. The fourth-order valence-corrected chi connectivity index (χ4v) is 3.50. The summed E-state index contributed by atoms with van der Waals surface area (Å²) in [6.07, 6.45) is 4.61. The second kappa shape index (κ2) is 7.00. The molecule has 2 fully saturated rings. The standard InChI is InChI=1S/C19H36N2O2/c1-14(2)15-11-16(12-15)20-13-19(6)7-9-21(10-8-19)17(22)23-18(3,4)5/h14-16,20H,7-13H2,1-6H3. The van der Waals surface area contributed by atoms with Crippen molar-refractivity contribution in [3.8, 4) is 0 Å². The molecule has 2 rings (SSSR count). The van der Waals surface area contributed by atoms with E-state index in [1.807, 2.05) is 25.7 Å². The van der Waals surface area contributed by atoms with Crippen LogP contribution in [0.2, 0.25) is 0 Å². The van der Waals surface area contributed by atoms with Crippen LogP contribution in [0.3, 0.4) is 0 Å². The van der Waals surface area contributed by atoms with Gasteiger partial charge in [0.2, 0.25) is 0 Å². The highest BCUT2D eigenvalue weighted by atomic mass is 16.6. The van der Waals surface area contributed by atoms with Gasteiger partial charge in [0.15, 0.2) is 0 Å². The summed E-state index contributed by atoms with van der Waals surface area (Å²) in [6.45, 7) is 15.5. The van der Waals surface area contributed by atoms with Gasteiger partial charge in [-0.25, -0.2) is 4.79 Å². The van der Waals surface area contributed by atoms with Crippen LogP contribution in [0.25, 0.3) is 0 Å². The third kappa shape index (κ3) is 5.37. The van der Waals surface area contributed by atoms with Crippen molar-refractivity contribution in [2.45, 2.75) is 78.9 Å². The molecule has 134 valence electrons. The van der Waals surface area contributed by atoms with E-state index in [-0.39, 0.29) is 6.09 Å². The van der Waals surface area contributed by atoms with Crippen LogP contribution in [0, 0.1) is 17.3 Å². The fraction of sp³-hybridized carbons (Fsp3) is 0.947. The highest BCUT2D eigenvalue weighted by molar-refractivity contribution is 5.68. The predicted octanol–water partition coefficient (Wildman–Crippen LogP) is 4.05. The first-order valence-corrected chi connectivity index (χ1v) is 9.29. The Morgan fingerprint density at radius 1 is 1.26 bits per heavy atom. The summed E-state index contributed by atoms with van der Waals surface area (Å²) >= 11 is 0. The Kier molecular flexibility index (Phi) is 5.65. The molecule has 1 amide bonds. The topological polar surface area (TPSA) is 41.6 Å². The molecule has 0 aromatic carbocycles. The lowest BCUT2D eigenvalue weighted by Gasteiger charge is -2.43. The van der Waals surface area contributed by atoms with E-state index in [0.717, 1.165) is 44.3 Å². The Bertz CT molecular complexity index is 400. The predicted molar refractivity (Wildman–Crippen MR) is 94.5 cm³/mol. The summed E-state index contributed by atoms with van der Waals surface area (Å²) < 4.78 is 5.48. The van der Waals surface area contributed by atoms with Crippen molar-refractivity contribution in [1.29, 1.82) is 0 Å². The van der Waals surface area contributed by atoms with Gasteiger partial charge in [-0.15, -0.1) is 0 Å². The van der Waals surface area contributed by atoms with Gasteiger partial charge in [-0.3, -0.25) is 0 Å². The number of carbonyl (C=O) groups is 1. The van der Waals surface area contributed by atoms with Crippen molar-refractivity contribution in [2.75, 3.05) is 19.6 Å². The number of amides is 1. The largest absolute Gasteiger partial charge is 0.444 e. The first-order chi connectivity index (χ1) is 10.6. The number of nitrogens with one attached hydrogen (secondary N) is 1. The Morgan fingerprint density at radius 3 is 2.30 bits per heavy atom. The molecule has 0 atom stereocenters. The van der Waals surface area contributed by atoms with E-state index < -0.39 is 5.60 Å². The van der Waals surface area contributed by atoms with Gasteiger partial charge in [0.25, 0.3) is 0 Å². The minimum atomic E-state index is -0.406. The lowest BCUT2D eigenvalue weighted by molar-refractivity contribution is 0.0110. The molecule has 23 heavy (non-hydrogen) atoms. The second-order valence-corrected chi connectivity index (χ2v) is 9.33. The van der Waals surface area contributed by atoms with Gasteiger partial charge in [0.05, 0.1) is 0 Å². The van der Waals surface area contributed by atoms with Gasteiger partial charge >= 0.3 is 6.09 Å². The van der Waals surface area contributed by atoms with Crippen LogP contribution in [-0.4, -0.2) is 42.3 Å². The van der Waals surface area contributed by atoms with E-state index in [4.69, 9.17) is 4.74 Å². The number of likely N-dealkylation sites (tertiary alicyclic amines) is 1. The molecule has 0 aromatic rings. The summed E-state index contributed by atoms with van der Waals surface area (Å²) in [5, 5.41) is 3.76. The van der Waals surface area contributed by atoms with Crippen LogP contribution in [0.15, 0.2) is 0 Å². The van der Waals surface area contributed by atoms with Crippen LogP contribution in [0.1, 0.15) is 67.2 Å². The van der Waals surface area contributed by atoms with Gasteiger partial charge in [-0.1, -0.05) is 20.8 Å². The highest BCUT2D eigenvalue weighted by Crippen LogP contribution is 2.35. The number of rotatable bonds is 4. The quantitative estimate of drug-likeness (QED) is 0.848. The number of ether oxygens (including phenoxy) is 1. The second-order valence-electron chi connectivity index (χ2n) is 9.33. The molecule has 1 aliphatic carbocycles. The molecule has 0 radical (unpaired) electrons. The molecule has 2 aliphatic rings. The Hall–Kier alpha value is -0.770. The zero-order valence-corrected chi connectivity index (χ0v) is 15.9. The third-order valence-electron chi connectivity index (χ3n) is 5.56. The molecule has 0 spiro atoms. The summed E-state index contributed by atoms with van der Waals surface area (Å²) in [6, 6.07) is 0.711. The lowest BCUT2D eigenvalue weighted by Crippen LogP contribution is -2.50. The zero-order chi connectivity index (χ0) is 17.3. The fourth-order valence-electron chi connectivity index (χ4n) is 3.50. The number of carbonyl (C=O) groups excluding carboxylic acids is 1. The van der Waals surface area contributed by atoms with Crippen LogP contribution in [0.4, 0.5) is 4.79 Å². The summed E-state index contributed by atoms with van der Waals surface area (Å²) in [5.41, 5.74) is -0.0992. The number of piperidine rings is 1. The molecule has 1 saturated carbocycles. The summed E-state index contributed by atoms with van der Waals surface area (Å²) in [7, 11) is 0. The molecule has 1 N–H and O–H groups in total. The van der Waals surface area contributed by atoms with Crippen molar-refractivity contribution in [3.63, 3.8) is 0 Å². The average molecular weight is 325 g/mol. The van der Waals surface area contributed by atoms with Crippen molar-refractivity contribution < 1.29 is 9.53 Å². The molecule has 1 saturated heterocycles. The molecule has 4 heteroatoms. The van der Waals surface area contributed by atoms with Gasteiger partial charge in [-0.2, -0.15) is 0 Å². The van der Waals surface area contributed by atoms with E-state index in [1.54, 1.807) is 0 Å². The Labute approximate surface area is 142 Å². The Balaban J connectivity index is 1.70. The van der Waals surface area contributed by atoms with Crippen molar-refractivity contribution in [1.82, 2.24) is 10.2 Å². The van der Waals surface area contributed by atoms with Crippen LogP contribution in [-0.2, 0) is 4.74 Å². The normalized spacial score (nSPS) is 27.7. The first kappa shape index (κ1) is 18.6. The van der Waals surface area contributed by atoms with Gasteiger partial charge < -0.3 is 15.0 Å². The van der Waals surface area contributed by atoms with Crippen LogP contribution >= 0.6 is 0 Å². The minimum absolute atomic E-state index is 0.161. The smallest absolute Gasteiger partial charge is 0.410 e. The van der Waals surface area contributed by atoms with E-state index in [1.165, 1.54) is 12.8 Å². The molecule has 1 aliphatic heterocycles. The van der Waals surface area contributed by atoms with E-state index in [9.17, 15) is 4.79 Å². The van der Waals surface area contributed by atoms with E-state index in [0.29, 0.717) is 11.5 Å². The highest BCUT2D eigenvalue weighted by Gasteiger charge is 2.36. The molecular weight excluding hydrogens is 288 g/mol. The Morgan fingerprint density at radius 2 is 1.83 bits per heavy atom. The number of hydrogen-bond donors (Lipinski definition) is 1. The molecular formula is C19H36N2O2. The SMILES string of the molecule is CC(C)C1CC(NCC2(C)CCN(C(=O)OC(C)(C)C)CC2)C1. The van der Waals surface area contributed by atoms with Gasteiger partial charge in [0, 0.05) is 25.7 Å².